The maximum atomic E-state index is 11.1. The van der Waals surface area contributed by atoms with Crippen LogP contribution < -0.4 is 5.32 Å². The standard InChI is InChI=1S/C16H11N5O2S/c22-21(23)14-4-2-1-3-12(14)19-16-18-11-6-5-10(9-13(11)20-16)15-17-7-8-24-15/h1-9H,(H2,18,19,20). The number of rotatable bonds is 4. The molecule has 0 aliphatic heterocycles. The Bertz CT molecular complexity index is 1030. The summed E-state index contributed by atoms with van der Waals surface area (Å²) < 4.78 is 0. The van der Waals surface area contributed by atoms with Crippen molar-refractivity contribution in [2.45, 2.75) is 0 Å². The molecule has 0 spiro atoms. The quantitative estimate of drug-likeness (QED) is 0.426. The Kier molecular flexibility index (Phi) is 3.43. The zero-order chi connectivity index (χ0) is 16.5. The van der Waals surface area contributed by atoms with Crippen molar-refractivity contribution in [2.75, 3.05) is 5.32 Å². The number of nitrogens with zero attached hydrogens (tertiary/aromatic N) is 3. The Morgan fingerprint density at radius 2 is 2.08 bits per heavy atom. The van der Waals surface area contributed by atoms with E-state index in [4.69, 9.17) is 0 Å². The topological polar surface area (TPSA) is 96.7 Å². The lowest BCUT2D eigenvalue weighted by Crippen LogP contribution is -1.97. The Labute approximate surface area is 140 Å². The molecule has 7 nitrogen and oxygen atoms in total. The highest BCUT2D eigenvalue weighted by Crippen LogP contribution is 2.29. The molecule has 0 radical (unpaired) electrons. The SMILES string of the molecule is O=[N+]([O-])c1ccccc1Nc1nc2ccc(-c3nccs3)cc2[nH]1. The molecule has 0 atom stereocenters. The normalized spacial score (nSPS) is 10.8. The number of imidazole rings is 1. The van der Waals surface area contributed by atoms with E-state index in [2.05, 4.69) is 20.3 Å². The predicted octanol–water partition coefficient (Wildman–Crippen LogP) is 4.34. The fraction of sp³-hybridized carbons (Fsp3) is 0. The van der Waals surface area contributed by atoms with Gasteiger partial charge in [0.25, 0.3) is 5.69 Å². The molecule has 2 aromatic heterocycles. The number of anilines is 2. The molecule has 0 unspecified atom stereocenters. The lowest BCUT2D eigenvalue weighted by atomic mass is 10.2. The second kappa shape index (κ2) is 5.74. The number of nitro groups is 1. The number of fused-ring (bicyclic) bond motifs is 1. The number of hydrogen-bond acceptors (Lipinski definition) is 6. The van der Waals surface area contributed by atoms with Crippen LogP contribution in [0, 0.1) is 10.1 Å². The number of thiazole rings is 1. The van der Waals surface area contributed by atoms with E-state index in [1.807, 2.05) is 23.6 Å². The largest absolute Gasteiger partial charge is 0.324 e. The summed E-state index contributed by atoms with van der Waals surface area (Å²) in [7, 11) is 0. The second-order valence-corrected chi connectivity index (χ2v) is 5.95. The summed E-state index contributed by atoms with van der Waals surface area (Å²) in [4.78, 5) is 22.5. The van der Waals surface area contributed by atoms with Crippen molar-refractivity contribution in [3.63, 3.8) is 0 Å². The summed E-state index contributed by atoms with van der Waals surface area (Å²) in [5.41, 5.74) is 3.00. The molecule has 118 valence electrons. The van der Waals surface area contributed by atoms with E-state index in [-0.39, 0.29) is 5.69 Å². The summed E-state index contributed by atoms with van der Waals surface area (Å²) in [5, 5.41) is 16.9. The smallest absolute Gasteiger partial charge is 0.292 e. The van der Waals surface area contributed by atoms with Crippen LogP contribution in [0.15, 0.2) is 54.0 Å². The summed E-state index contributed by atoms with van der Waals surface area (Å²) in [5.74, 6) is 0.454. The number of H-pyrrole nitrogens is 1. The number of hydrogen-bond donors (Lipinski definition) is 2. The van der Waals surface area contributed by atoms with Gasteiger partial charge in [0.15, 0.2) is 0 Å². The average Bonchev–Trinajstić information content (AvgIpc) is 3.23. The highest BCUT2D eigenvalue weighted by atomic mass is 32.1. The maximum absolute atomic E-state index is 11.1. The van der Waals surface area contributed by atoms with Crippen LogP contribution in [-0.4, -0.2) is 19.9 Å². The molecule has 0 aliphatic rings. The van der Waals surface area contributed by atoms with E-state index in [9.17, 15) is 10.1 Å². The summed E-state index contributed by atoms with van der Waals surface area (Å²) >= 11 is 1.56. The van der Waals surface area contributed by atoms with Crippen LogP contribution in [0.5, 0.6) is 0 Å². The molecule has 0 saturated carbocycles. The lowest BCUT2D eigenvalue weighted by Gasteiger charge is -2.02. The molecular formula is C16H11N5O2S. The Hall–Kier alpha value is -3.26. The van der Waals surface area contributed by atoms with Crippen LogP contribution in [0.1, 0.15) is 0 Å². The van der Waals surface area contributed by atoms with Gasteiger partial charge in [-0.25, -0.2) is 9.97 Å². The van der Waals surface area contributed by atoms with Crippen molar-refractivity contribution in [3.8, 4) is 10.6 Å². The van der Waals surface area contributed by atoms with Crippen LogP contribution in [0.4, 0.5) is 17.3 Å². The molecule has 0 fully saturated rings. The van der Waals surface area contributed by atoms with E-state index >= 15 is 0 Å². The first kappa shape index (κ1) is 14.3. The average molecular weight is 337 g/mol. The third kappa shape index (κ3) is 2.59. The van der Waals surface area contributed by atoms with Gasteiger partial charge in [-0.3, -0.25) is 10.1 Å². The van der Waals surface area contributed by atoms with Crippen molar-refractivity contribution in [2.24, 2.45) is 0 Å². The van der Waals surface area contributed by atoms with Crippen molar-refractivity contribution in [1.29, 1.82) is 0 Å². The summed E-state index contributed by atoms with van der Waals surface area (Å²) in [6.45, 7) is 0. The van der Waals surface area contributed by atoms with Gasteiger partial charge >= 0.3 is 0 Å². The first-order valence-corrected chi connectivity index (χ1v) is 7.99. The molecule has 4 rings (SSSR count). The van der Waals surface area contributed by atoms with Gasteiger partial charge in [-0.15, -0.1) is 11.3 Å². The fourth-order valence-electron chi connectivity index (χ4n) is 2.43. The van der Waals surface area contributed by atoms with Crippen molar-refractivity contribution < 1.29 is 4.92 Å². The van der Waals surface area contributed by atoms with Gasteiger partial charge in [0.1, 0.15) is 10.7 Å². The van der Waals surface area contributed by atoms with E-state index in [1.54, 1.807) is 35.7 Å². The third-order valence-corrected chi connectivity index (χ3v) is 4.34. The van der Waals surface area contributed by atoms with E-state index < -0.39 is 4.92 Å². The van der Waals surface area contributed by atoms with Crippen molar-refractivity contribution in [3.05, 3.63) is 64.2 Å². The lowest BCUT2D eigenvalue weighted by molar-refractivity contribution is -0.383. The van der Waals surface area contributed by atoms with E-state index in [1.165, 1.54) is 6.07 Å². The predicted molar refractivity (Wildman–Crippen MR) is 93.6 cm³/mol. The van der Waals surface area contributed by atoms with Crippen molar-refractivity contribution in [1.82, 2.24) is 15.0 Å². The van der Waals surface area contributed by atoms with Gasteiger partial charge in [0, 0.05) is 23.2 Å². The van der Waals surface area contributed by atoms with Crippen LogP contribution in [0.2, 0.25) is 0 Å². The number of nitrogens with one attached hydrogen (secondary N) is 2. The molecule has 2 N–H and O–H groups in total. The maximum Gasteiger partial charge on any atom is 0.292 e. The summed E-state index contributed by atoms with van der Waals surface area (Å²) in [6.07, 6.45) is 1.76. The molecular weight excluding hydrogens is 326 g/mol. The van der Waals surface area contributed by atoms with Crippen molar-refractivity contribution >= 4 is 39.7 Å². The van der Waals surface area contributed by atoms with Crippen LogP contribution in [0.25, 0.3) is 21.6 Å². The van der Waals surface area contributed by atoms with Crippen LogP contribution in [-0.2, 0) is 0 Å². The van der Waals surface area contributed by atoms with Gasteiger partial charge in [-0.1, -0.05) is 12.1 Å². The molecule has 2 heterocycles. The number of para-hydroxylation sites is 2. The second-order valence-electron chi connectivity index (χ2n) is 5.05. The molecule has 2 aromatic carbocycles. The molecule has 0 amide bonds. The van der Waals surface area contributed by atoms with Crippen LogP contribution in [0.3, 0.4) is 0 Å². The van der Waals surface area contributed by atoms with Crippen LogP contribution >= 0.6 is 11.3 Å². The Morgan fingerprint density at radius 1 is 1.21 bits per heavy atom. The molecule has 8 heteroatoms. The third-order valence-electron chi connectivity index (χ3n) is 3.51. The van der Waals surface area contributed by atoms with E-state index in [0.29, 0.717) is 11.6 Å². The van der Waals surface area contributed by atoms with Gasteiger partial charge in [-0.05, 0) is 24.3 Å². The van der Waals surface area contributed by atoms with Gasteiger partial charge in [0.2, 0.25) is 5.95 Å². The highest BCUT2D eigenvalue weighted by molar-refractivity contribution is 7.13. The molecule has 0 aliphatic carbocycles. The monoisotopic (exact) mass is 337 g/mol. The van der Waals surface area contributed by atoms with Gasteiger partial charge in [0.05, 0.1) is 16.0 Å². The first-order chi connectivity index (χ1) is 11.7. The van der Waals surface area contributed by atoms with Gasteiger partial charge < -0.3 is 10.3 Å². The number of aromatic amines is 1. The molecule has 24 heavy (non-hydrogen) atoms. The number of benzene rings is 2. The minimum absolute atomic E-state index is 0.00132. The summed E-state index contributed by atoms with van der Waals surface area (Å²) in [6, 6.07) is 12.3. The number of nitro benzene ring substituents is 1. The minimum atomic E-state index is -0.425. The molecule has 4 aromatic rings. The zero-order valence-electron chi connectivity index (χ0n) is 12.3. The Morgan fingerprint density at radius 3 is 2.88 bits per heavy atom. The highest BCUT2D eigenvalue weighted by Gasteiger charge is 2.14. The Balaban J connectivity index is 1.70. The molecule has 0 bridgehead atoms. The van der Waals surface area contributed by atoms with E-state index in [0.717, 1.165) is 21.6 Å². The minimum Gasteiger partial charge on any atom is -0.324 e. The molecule has 0 saturated heterocycles. The van der Waals surface area contributed by atoms with Gasteiger partial charge in [-0.2, -0.15) is 0 Å². The fourth-order valence-corrected chi connectivity index (χ4v) is 3.07. The zero-order valence-corrected chi connectivity index (χ0v) is 13.1. The number of aromatic nitrogens is 3. The first-order valence-electron chi connectivity index (χ1n) is 7.11.